The highest BCUT2D eigenvalue weighted by Crippen LogP contribution is 2.32. The van der Waals surface area contributed by atoms with Crippen LogP contribution in [0.1, 0.15) is 24.8 Å². The van der Waals surface area contributed by atoms with E-state index in [2.05, 4.69) is 0 Å². The number of benzene rings is 1. The Hall–Kier alpha value is -1.00. The molecule has 1 aromatic carbocycles. The highest BCUT2D eigenvalue weighted by atomic mass is 19.2. The van der Waals surface area contributed by atoms with E-state index in [1.807, 2.05) is 0 Å². The average Bonchev–Trinajstić information content (AvgIpc) is 2.48. The molecule has 1 atom stereocenters. The summed E-state index contributed by atoms with van der Waals surface area (Å²) in [5, 5.41) is 10.4. The van der Waals surface area contributed by atoms with E-state index in [4.69, 9.17) is 4.74 Å². The summed E-state index contributed by atoms with van der Waals surface area (Å²) >= 11 is 0. The fraction of sp³-hybridized carbons (Fsp3) is 0.500. The van der Waals surface area contributed by atoms with Gasteiger partial charge in [0.15, 0.2) is 11.6 Å². The van der Waals surface area contributed by atoms with Gasteiger partial charge in [-0.15, -0.1) is 0 Å². The minimum atomic E-state index is -1.09. The fourth-order valence-electron chi connectivity index (χ4n) is 2.01. The van der Waals surface area contributed by atoms with E-state index in [-0.39, 0.29) is 0 Å². The van der Waals surface area contributed by atoms with Gasteiger partial charge in [-0.05, 0) is 30.5 Å². The van der Waals surface area contributed by atoms with Crippen molar-refractivity contribution in [3.63, 3.8) is 0 Å². The molecule has 0 radical (unpaired) electrons. The highest BCUT2D eigenvalue weighted by molar-refractivity contribution is 5.24. The summed E-state index contributed by atoms with van der Waals surface area (Å²) < 4.78 is 31.1. The Morgan fingerprint density at radius 2 is 1.94 bits per heavy atom. The van der Waals surface area contributed by atoms with Crippen molar-refractivity contribution in [1.82, 2.24) is 0 Å². The molecule has 88 valence electrons. The Balaban J connectivity index is 2.29. The summed E-state index contributed by atoms with van der Waals surface area (Å²) in [6.07, 6.45) is 1.64. The molecular weight excluding hydrogens is 214 g/mol. The van der Waals surface area contributed by atoms with Crippen molar-refractivity contribution >= 4 is 0 Å². The maximum absolute atomic E-state index is 13.1. The van der Waals surface area contributed by atoms with Crippen LogP contribution in [0.5, 0.6) is 0 Å². The maximum atomic E-state index is 13.1. The average molecular weight is 228 g/mol. The van der Waals surface area contributed by atoms with Crippen LogP contribution < -0.4 is 0 Å². The lowest BCUT2D eigenvalue weighted by molar-refractivity contribution is 0.0140. The third kappa shape index (κ3) is 2.23. The predicted octanol–water partition coefficient (Wildman–Crippen LogP) is 2.35. The molecule has 2 nitrogen and oxygen atoms in total. The number of halogens is 2. The zero-order valence-corrected chi connectivity index (χ0v) is 8.88. The second-order valence-electron chi connectivity index (χ2n) is 4.13. The molecule has 1 fully saturated rings. The third-order valence-electron chi connectivity index (χ3n) is 3.00. The summed E-state index contributed by atoms with van der Waals surface area (Å²) in [7, 11) is 0. The molecule has 0 amide bonds. The summed E-state index contributed by atoms with van der Waals surface area (Å²) in [4.78, 5) is 0. The topological polar surface area (TPSA) is 29.5 Å². The van der Waals surface area contributed by atoms with Gasteiger partial charge in [0.05, 0.1) is 5.60 Å². The molecule has 0 aromatic heterocycles. The van der Waals surface area contributed by atoms with Gasteiger partial charge in [-0.1, -0.05) is 6.07 Å². The summed E-state index contributed by atoms with van der Waals surface area (Å²) in [6.45, 7) is 1.04. The first kappa shape index (κ1) is 11.5. The van der Waals surface area contributed by atoms with Crippen LogP contribution in [0.3, 0.4) is 0 Å². The van der Waals surface area contributed by atoms with Crippen LogP contribution in [0.25, 0.3) is 0 Å². The van der Waals surface area contributed by atoms with Crippen LogP contribution in [0, 0.1) is 11.6 Å². The molecule has 1 aromatic rings. The third-order valence-corrected chi connectivity index (χ3v) is 3.00. The van der Waals surface area contributed by atoms with Crippen LogP contribution in [0.4, 0.5) is 8.78 Å². The second-order valence-corrected chi connectivity index (χ2v) is 4.13. The Bertz CT molecular complexity index is 371. The standard InChI is InChI=1S/C12H14F2O2/c13-10-3-2-9(8-11(10)14)12(15)4-1-6-16-7-5-12/h2-3,8,15H,1,4-7H2. The fourth-order valence-corrected chi connectivity index (χ4v) is 2.01. The molecule has 0 aliphatic carbocycles. The molecule has 1 aliphatic rings. The number of ether oxygens (including phenoxy) is 1. The largest absolute Gasteiger partial charge is 0.385 e. The van der Waals surface area contributed by atoms with Crippen LogP contribution in [0.2, 0.25) is 0 Å². The lowest BCUT2D eigenvalue weighted by Gasteiger charge is -2.26. The second kappa shape index (κ2) is 4.47. The van der Waals surface area contributed by atoms with Gasteiger partial charge >= 0.3 is 0 Å². The maximum Gasteiger partial charge on any atom is 0.159 e. The van der Waals surface area contributed by atoms with E-state index in [0.717, 1.165) is 18.6 Å². The van der Waals surface area contributed by atoms with Crippen molar-refractivity contribution in [2.24, 2.45) is 0 Å². The Kier molecular flexibility index (Phi) is 3.21. The first-order valence-corrected chi connectivity index (χ1v) is 5.37. The van der Waals surface area contributed by atoms with Gasteiger partial charge in [-0.25, -0.2) is 8.78 Å². The number of hydrogen-bond acceptors (Lipinski definition) is 2. The van der Waals surface area contributed by atoms with Crippen LogP contribution in [-0.2, 0) is 10.3 Å². The summed E-state index contributed by atoms with van der Waals surface area (Å²) in [5.41, 5.74) is -0.665. The zero-order chi connectivity index (χ0) is 11.6. The molecule has 1 heterocycles. The van der Waals surface area contributed by atoms with E-state index in [0.29, 0.717) is 31.6 Å². The lowest BCUT2D eigenvalue weighted by atomic mass is 9.87. The van der Waals surface area contributed by atoms with E-state index in [1.54, 1.807) is 0 Å². The molecule has 1 saturated heterocycles. The number of rotatable bonds is 1. The first-order valence-electron chi connectivity index (χ1n) is 5.37. The van der Waals surface area contributed by atoms with Gasteiger partial charge in [-0.2, -0.15) is 0 Å². The molecule has 16 heavy (non-hydrogen) atoms. The van der Waals surface area contributed by atoms with Gasteiger partial charge in [0.1, 0.15) is 0 Å². The SMILES string of the molecule is OC1(c2ccc(F)c(F)c2)CCCOCC1. The monoisotopic (exact) mass is 228 g/mol. The molecular formula is C12H14F2O2. The van der Waals surface area contributed by atoms with E-state index < -0.39 is 17.2 Å². The molecule has 0 bridgehead atoms. The molecule has 2 rings (SSSR count). The molecule has 1 aliphatic heterocycles. The Morgan fingerprint density at radius 3 is 2.69 bits per heavy atom. The minimum Gasteiger partial charge on any atom is -0.385 e. The van der Waals surface area contributed by atoms with Gasteiger partial charge in [0.2, 0.25) is 0 Å². The van der Waals surface area contributed by atoms with Crippen LogP contribution in [0.15, 0.2) is 18.2 Å². The van der Waals surface area contributed by atoms with Crippen LogP contribution in [-0.4, -0.2) is 18.3 Å². The normalized spacial score (nSPS) is 26.4. The van der Waals surface area contributed by atoms with Crippen molar-refractivity contribution < 1.29 is 18.6 Å². The molecule has 0 saturated carbocycles. The minimum absolute atomic E-state index is 0.415. The molecule has 4 heteroatoms. The molecule has 0 spiro atoms. The van der Waals surface area contributed by atoms with Crippen molar-refractivity contribution in [3.8, 4) is 0 Å². The zero-order valence-electron chi connectivity index (χ0n) is 8.88. The predicted molar refractivity (Wildman–Crippen MR) is 54.9 cm³/mol. The Morgan fingerprint density at radius 1 is 1.12 bits per heavy atom. The number of hydrogen-bond donors (Lipinski definition) is 1. The van der Waals surface area contributed by atoms with E-state index in [1.165, 1.54) is 6.07 Å². The van der Waals surface area contributed by atoms with Gasteiger partial charge < -0.3 is 9.84 Å². The van der Waals surface area contributed by atoms with E-state index >= 15 is 0 Å². The molecule has 1 N–H and O–H groups in total. The van der Waals surface area contributed by atoms with Gasteiger partial charge in [0, 0.05) is 19.6 Å². The summed E-state index contributed by atoms with van der Waals surface area (Å²) in [5.74, 6) is -1.81. The van der Waals surface area contributed by atoms with Crippen LogP contribution >= 0.6 is 0 Å². The van der Waals surface area contributed by atoms with Crippen molar-refractivity contribution in [1.29, 1.82) is 0 Å². The van der Waals surface area contributed by atoms with Gasteiger partial charge in [0.25, 0.3) is 0 Å². The van der Waals surface area contributed by atoms with Crippen molar-refractivity contribution in [3.05, 3.63) is 35.4 Å². The van der Waals surface area contributed by atoms with Gasteiger partial charge in [-0.3, -0.25) is 0 Å². The van der Waals surface area contributed by atoms with Crippen molar-refractivity contribution in [2.75, 3.05) is 13.2 Å². The quantitative estimate of drug-likeness (QED) is 0.799. The smallest absolute Gasteiger partial charge is 0.159 e. The highest BCUT2D eigenvalue weighted by Gasteiger charge is 2.31. The summed E-state index contributed by atoms with van der Waals surface area (Å²) in [6, 6.07) is 3.55. The van der Waals surface area contributed by atoms with Crippen molar-refractivity contribution in [2.45, 2.75) is 24.9 Å². The molecule has 1 unspecified atom stereocenters. The van der Waals surface area contributed by atoms with E-state index in [9.17, 15) is 13.9 Å². The lowest BCUT2D eigenvalue weighted by Crippen LogP contribution is -2.26. The Labute approximate surface area is 92.9 Å². The first-order chi connectivity index (χ1) is 7.62. The number of aliphatic hydroxyl groups is 1.